The molecule has 0 bridgehead atoms. The molecule has 0 radical (unpaired) electrons. The fourth-order valence-electron chi connectivity index (χ4n) is 2.39. The first-order chi connectivity index (χ1) is 10.2. The number of hydrogen-bond donors (Lipinski definition) is 1. The van der Waals surface area contributed by atoms with Gasteiger partial charge in [0.15, 0.2) is 0 Å². The standard InChI is InChI=1S/C18H25NOS/c1-5-13(2)17-8-6-7-9-18(17)20-12-15-10-16(11-19-4)21-14(15)3/h6-10,13,19H,5,11-12H2,1-4H3. The topological polar surface area (TPSA) is 21.3 Å². The van der Waals surface area contributed by atoms with E-state index in [1.807, 2.05) is 24.5 Å². The number of thiophene rings is 1. The minimum absolute atomic E-state index is 0.532. The summed E-state index contributed by atoms with van der Waals surface area (Å²) in [7, 11) is 1.98. The molecule has 1 N–H and O–H groups in total. The van der Waals surface area contributed by atoms with Gasteiger partial charge in [-0.25, -0.2) is 0 Å². The predicted molar refractivity (Wildman–Crippen MR) is 91.3 cm³/mol. The first-order valence-electron chi connectivity index (χ1n) is 7.60. The summed E-state index contributed by atoms with van der Waals surface area (Å²) in [6.45, 7) is 8.22. The van der Waals surface area contributed by atoms with E-state index in [4.69, 9.17) is 4.74 Å². The molecule has 21 heavy (non-hydrogen) atoms. The molecule has 1 unspecified atom stereocenters. The Morgan fingerprint density at radius 1 is 1.29 bits per heavy atom. The van der Waals surface area contributed by atoms with E-state index in [0.717, 1.165) is 18.7 Å². The highest BCUT2D eigenvalue weighted by Crippen LogP contribution is 2.30. The lowest BCUT2D eigenvalue weighted by Crippen LogP contribution is -2.03. The molecule has 1 aromatic heterocycles. The van der Waals surface area contributed by atoms with Crippen molar-refractivity contribution in [1.29, 1.82) is 0 Å². The third kappa shape index (κ3) is 4.08. The molecule has 2 nitrogen and oxygen atoms in total. The molecule has 0 aliphatic heterocycles. The molecule has 0 saturated carbocycles. The zero-order chi connectivity index (χ0) is 15.2. The van der Waals surface area contributed by atoms with Gasteiger partial charge < -0.3 is 10.1 Å². The van der Waals surface area contributed by atoms with Crippen LogP contribution in [0.3, 0.4) is 0 Å². The summed E-state index contributed by atoms with van der Waals surface area (Å²) in [5.41, 5.74) is 2.60. The van der Waals surface area contributed by atoms with Gasteiger partial charge in [-0.15, -0.1) is 11.3 Å². The number of benzene rings is 1. The van der Waals surface area contributed by atoms with Crippen molar-refractivity contribution >= 4 is 11.3 Å². The van der Waals surface area contributed by atoms with Crippen LogP contribution in [0.1, 0.15) is 47.1 Å². The maximum Gasteiger partial charge on any atom is 0.123 e. The number of rotatable bonds is 7. The van der Waals surface area contributed by atoms with E-state index in [9.17, 15) is 0 Å². The van der Waals surface area contributed by atoms with Crippen LogP contribution in [0.4, 0.5) is 0 Å². The molecule has 1 heterocycles. The average molecular weight is 303 g/mol. The zero-order valence-electron chi connectivity index (χ0n) is 13.4. The summed E-state index contributed by atoms with van der Waals surface area (Å²) in [4.78, 5) is 2.71. The molecule has 2 aromatic rings. The molecule has 114 valence electrons. The van der Waals surface area contributed by atoms with E-state index in [1.165, 1.54) is 20.9 Å². The molecule has 0 aliphatic carbocycles. The van der Waals surface area contributed by atoms with Gasteiger partial charge in [0.25, 0.3) is 0 Å². The van der Waals surface area contributed by atoms with E-state index < -0.39 is 0 Å². The van der Waals surface area contributed by atoms with Crippen molar-refractivity contribution < 1.29 is 4.74 Å². The molecule has 0 saturated heterocycles. The van der Waals surface area contributed by atoms with Crippen LogP contribution < -0.4 is 10.1 Å². The number of hydrogen-bond acceptors (Lipinski definition) is 3. The van der Waals surface area contributed by atoms with Gasteiger partial charge >= 0.3 is 0 Å². The van der Waals surface area contributed by atoms with Crippen LogP contribution in [0.25, 0.3) is 0 Å². The third-order valence-electron chi connectivity index (χ3n) is 3.87. The van der Waals surface area contributed by atoms with Gasteiger partial charge in [0, 0.05) is 21.9 Å². The molecule has 1 aromatic carbocycles. The fourth-order valence-corrected chi connectivity index (χ4v) is 3.45. The minimum Gasteiger partial charge on any atom is -0.489 e. The van der Waals surface area contributed by atoms with Gasteiger partial charge in [0.2, 0.25) is 0 Å². The number of ether oxygens (including phenoxy) is 1. The van der Waals surface area contributed by atoms with Crippen LogP contribution >= 0.6 is 11.3 Å². The summed E-state index contributed by atoms with van der Waals surface area (Å²) in [6, 6.07) is 10.7. The molecule has 0 aliphatic rings. The summed E-state index contributed by atoms with van der Waals surface area (Å²) in [6.07, 6.45) is 1.13. The Morgan fingerprint density at radius 3 is 2.76 bits per heavy atom. The monoisotopic (exact) mass is 303 g/mol. The summed E-state index contributed by atoms with van der Waals surface area (Å²) < 4.78 is 6.10. The molecule has 1 atom stereocenters. The maximum atomic E-state index is 6.10. The Hall–Kier alpha value is -1.32. The smallest absolute Gasteiger partial charge is 0.123 e. The normalized spacial score (nSPS) is 12.4. The third-order valence-corrected chi connectivity index (χ3v) is 4.96. The second-order valence-corrected chi connectivity index (χ2v) is 6.80. The van der Waals surface area contributed by atoms with E-state index in [0.29, 0.717) is 12.5 Å². The average Bonchev–Trinajstić information content (AvgIpc) is 2.85. The van der Waals surface area contributed by atoms with Crippen LogP contribution in [-0.4, -0.2) is 7.05 Å². The van der Waals surface area contributed by atoms with Crippen LogP contribution in [0.5, 0.6) is 5.75 Å². The van der Waals surface area contributed by atoms with Gasteiger partial charge in [-0.05, 0) is 44.0 Å². The SMILES string of the molecule is CCC(C)c1ccccc1OCc1cc(CNC)sc1C. The fraction of sp³-hybridized carbons (Fsp3) is 0.444. The molecule has 0 fully saturated rings. The second kappa shape index (κ2) is 7.62. The van der Waals surface area contributed by atoms with Crippen LogP contribution in [0.15, 0.2) is 30.3 Å². The lowest BCUT2D eigenvalue weighted by Gasteiger charge is -2.15. The second-order valence-electron chi connectivity index (χ2n) is 5.46. The van der Waals surface area contributed by atoms with Crippen molar-refractivity contribution in [2.24, 2.45) is 0 Å². The number of nitrogens with one attached hydrogen (secondary N) is 1. The van der Waals surface area contributed by atoms with E-state index in [2.05, 4.69) is 50.4 Å². The van der Waals surface area contributed by atoms with E-state index in [1.54, 1.807) is 0 Å². The first kappa shape index (κ1) is 16.1. The van der Waals surface area contributed by atoms with E-state index in [-0.39, 0.29) is 0 Å². The van der Waals surface area contributed by atoms with Gasteiger partial charge in [-0.1, -0.05) is 32.0 Å². The van der Waals surface area contributed by atoms with Gasteiger partial charge in [0.1, 0.15) is 12.4 Å². The van der Waals surface area contributed by atoms with Crippen molar-refractivity contribution in [2.75, 3.05) is 7.05 Å². The van der Waals surface area contributed by atoms with E-state index >= 15 is 0 Å². The van der Waals surface area contributed by atoms with Crippen molar-refractivity contribution in [3.8, 4) is 5.75 Å². The van der Waals surface area contributed by atoms with Crippen molar-refractivity contribution in [3.05, 3.63) is 51.2 Å². The highest BCUT2D eigenvalue weighted by molar-refractivity contribution is 7.12. The maximum absolute atomic E-state index is 6.10. The Kier molecular flexibility index (Phi) is 5.83. The molecule has 0 amide bonds. The largest absolute Gasteiger partial charge is 0.489 e. The lowest BCUT2D eigenvalue weighted by molar-refractivity contribution is 0.301. The minimum atomic E-state index is 0.532. The van der Waals surface area contributed by atoms with Crippen LogP contribution in [0.2, 0.25) is 0 Å². The van der Waals surface area contributed by atoms with Gasteiger partial charge in [0.05, 0.1) is 0 Å². The van der Waals surface area contributed by atoms with Crippen molar-refractivity contribution in [1.82, 2.24) is 5.32 Å². The Labute approximate surface area is 132 Å². The quantitative estimate of drug-likeness (QED) is 0.788. The highest BCUT2D eigenvalue weighted by Gasteiger charge is 2.11. The number of para-hydroxylation sites is 1. The van der Waals surface area contributed by atoms with Crippen LogP contribution in [0, 0.1) is 6.92 Å². The van der Waals surface area contributed by atoms with Crippen LogP contribution in [-0.2, 0) is 13.2 Å². The molecule has 2 rings (SSSR count). The zero-order valence-corrected chi connectivity index (χ0v) is 14.2. The predicted octanol–water partition coefficient (Wildman–Crippen LogP) is 4.87. The Bertz CT molecular complexity index is 576. The van der Waals surface area contributed by atoms with Crippen molar-refractivity contribution in [2.45, 2.75) is 46.3 Å². The highest BCUT2D eigenvalue weighted by atomic mass is 32.1. The Balaban J connectivity index is 2.09. The molecular weight excluding hydrogens is 278 g/mol. The number of aryl methyl sites for hydroxylation is 1. The summed E-state index contributed by atoms with van der Waals surface area (Å²) in [5, 5.41) is 3.20. The Morgan fingerprint density at radius 2 is 2.05 bits per heavy atom. The first-order valence-corrected chi connectivity index (χ1v) is 8.41. The molecular formula is C18H25NOS. The van der Waals surface area contributed by atoms with Crippen molar-refractivity contribution in [3.63, 3.8) is 0 Å². The molecule has 0 spiro atoms. The molecule has 3 heteroatoms. The summed E-state index contributed by atoms with van der Waals surface area (Å²) >= 11 is 1.85. The van der Waals surface area contributed by atoms with Gasteiger partial charge in [-0.3, -0.25) is 0 Å². The van der Waals surface area contributed by atoms with Gasteiger partial charge in [-0.2, -0.15) is 0 Å². The summed E-state index contributed by atoms with van der Waals surface area (Å²) in [5.74, 6) is 1.55. The lowest BCUT2D eigenvalue weighted by atomic mass is 9.98.